The van der Waals surface area contributed by atoms with Gasteiger partial charge in [0.1, 0.15) is 11.6 Å². The zero-order valence-corrected chi connectivity index (χ0v) is 41.3. The molecule has 0 aliphatic rings. The summed E-state index contributed by atoms with van der Waals surface area (Å²) in [5, 5.41) is 16.6. The molecule has 0 radical (unpaired) electrons. The van der Waals surface area contributed by atoms with Gasteiger partial charge >= 0.3 is 0 Å². The van der Waals surface area contributed by atoms with Crippen LogP contribution in [0.5, 0.6) is 0 Å². The molecular weight excluding hydrogens is 921 g/mol. The summed E-state index contributed by atoms with van der Waals surface area (Å²) in [7, 11) is 0. The molecule has 0 aliphatic heterocycles. The molecule has 4 heteroatoms. The van der Waals surface area contributed by atoms with Crippen LogP contribution >= 0.6 is 0 Å². The monoisotopic (exact) mass is 966 g/mol. The zero-order chi connectivity index (χ0) is 50.5. The molecule has 3 heterocycles. The number of pyridine rings is 1. The van der Waals surface area contributed by atoms with Gasteiger partial charge in [-0.1, -0.05) is 237 Å². The maximum atomic E-state index is 12.2. The van der Waals surface area contributed by atoms with E-state index < -0.39 is 0 Å². The molecule has 0 N–H and O–H groups in total. The van der Waals surface area contributed by atoms with E-state index in [2.05, 4.69) is 282 Å². The second kappa shape index (κ2) is 18.6. The van der Waals surface area contributed by atoms with Crippen molar-refractivity contribution in [2.75, 3.05) is 0 Å². The molecule has 0 spiro atoms. The lowest BCUT2D eigenvalue weighted by Gasteiger charge is -2.21. The number of hydrogen-bond acceptors (Lipinski definition) is 2. The van der Waals surface area contributed by atoms with Crippen molar-refractivity contribution in [3.05, 3.63) is 285 Å². The Kier molecular flexibility index (Phi) is 10.9. The molecule has 0 saturated carbocycles. The Balaban J connectivity index is 1.09. The summed E-state index contributed by atoms with van der Waals surface area (Å²) >= 11 is 0. The summed E-state index contributed by atoms with van der Waals surface area (Å²) in [5.41, 5.74) is 20.8. The molecule has 14 aromatic rings. The first kappa shape index (κ1) is 44.4. The van der Waals surface area contributed by atoms with Crippen molar-refractivity contribution in [2.24, 2.45) is 0 Å². The molecule has 0 fully saturated rings. The molecule has 354 valence electrons. The van der Waals surface area contributed by atoms with E-state index in [9.17, 15) is 5.26 Å². The molecule has 3 aromatic heterocycles. The lowest BCUT2D eigenvalue weighted by atomic mass is 9.93. The SMILES string of the molecule is N#Cc1c(-n2c3ccccc3c3ccc(-c4ccccc4-c4ccccc4)cc32)ccc(-c2cc(-c3ccccc3)nc(-c3ccccc3)c2)c1-n1c2ccccc2c2ccc(-c3ccccc3-c3ccccc3)cc21. The Hall–Kier alpha value is -10.3. The molecule has 0 saturated heterocycles. The van der Waals surface area contributed by atoms with Gasteiger partial charge < -0.3 is 9.13 Å². The standard InChI is InChI=1S/C72H46N4/c73-47-64-69(75-67-35-19-17-33-60(67)62-39-37-52(45-70(62)75)57-31-15-13-29-55(57)48-21-5-1-6-22-48)42-41-59(54-43-65(50-25-9-3-10-26-50)74-66(44-54)51-27-11-4-12-28-51)72(64)76-68-36-20-18-34-61(68)63-40-38-53(46-71(63)76)58-32-16-14-30-56(58)49-23-7-2-8-24-49/h1-46H. The normalized spacial score (nSPS) is 11.4. The lowest BCUT2D eigenvalue weighted by Crippen LogP contribution is -2.07. The lowest BCUT2D eigenvalue weighted by molar-refractivity contribution is 1.12. The van der Waals surface area contributed by atoms with Crippen molar-refractivity contribution in [2.45, 2.75) is 0 Å². The topological polar surface area (TPSA) is 46.5 Å². The number of benzene rings is 11. The van der Waals surface area contributed by atoms with E-state index >= 15 is 0 Å². The maximum Gasteiger partial charge on any atom is 0.104 e. The van der Waals surface area contributed by atoms with Crippen LogP contribution in [0.25, 0.3) is 133 Å². The van der Waals surface area contributed by atoms with E-state index in [-0.39, 0.29) is 0 Å². The summed E-state index contributed by atoms with van der Waals surface area (Å²) in [6, 6.07) is 102. The van der Waals surface area contributed by atoms with E-state index in [0.717, 1.165) is 133 Å². The highest BCUT2D eigenvalue weighted by Crippen LogP contribution is 2.45. The van der Waals surface area contributed by atoms with Gasteiger partial charge in [0, 0.05) is 38.2 Å². The predicted molar refractivity (Wildman–Crippen MR) is 316 cm³/mol. The Morgan fingerprint density at radius 1 is 0.276 bits per heavy atom. The van der Waals surface area contributed by atoms with E-state index in [4.69, 9.17) is 4.98 Å². The summed E-state index contributed by atoms with van der Waals surface area (Å²) in [4.78, 5) is 5.32. The second-order valence-corrected chi connectivity index (χ2v) is 19.3. The number of para-hydroxylation sites is 2. The fourth-order valence-corrected chi connectivity index (χ4v) is 11.5. The van der Waals surface area contributed by atoms with Crippen LogP contribution in [0.15, 0.2) is 279 Å². The van der Waals surface area contributed by atoms with Crippen LogP contribution in [0.1, 0.15) is 5.56 Å². The van der Waals surface area contributed by atoms with Crippen LogP contribution < -0.4 is 0 Å². The Labute approximate surface area is 440 Å². The first-order chi connectivity index (χ1) is 37.7. The molecule has 11 aromatic carbocycles. The smallest absolute Gasteiger partial charge is 0.104 e. The average molecular weight is 967 g/mol. The van der Waals surface area contributed by atoms with Crippen molar-refractivity contribution < 1.29 is 0 Å². The van der Waals surface area contributed by atoms with Gasteiger partial charge in [0.05, 0.1) is 44.8 Å². The van der Waals surface area contributed by atoms with E-state index in [0.29, 0.717) is 5.56 Å². The number of aromatic nitrogens is 3. The van der Waals surface area contributed by atoms with Gasteiger partial charge in [-0.25, -0.2) is 4.98 Å². The summed E-state index contributed by atoms with van der Waals surface area (Å²) in [6.07, 6.45) is 0. The minimum Gasteiger partial charge on any atom is -0.308 e. The highest BCUT2D eigenvalue weighted by atomic mass is 15.0. The number of hydrogen-bond donors (Lipinski definition) is 0. The molecule has 0 unspecified atom stereocenters. The van der Waals surface area contributed by atoms with Crippen molar-refractivity contribution in [1.29, 1.82) is 5.26 Å². The van der Waals surface area contributed by atoms with Gasteiger partial charge in [-0.15, -0.1) is 0 Å². The third-order valence-electron chi connectivity index (χ3n) is 15.0. The van der Waals surface area contributed by atoms with E-state index in [1.807, 2.05) is 12.1 Å². The van der Waals surface area contributed by atoms with E-state index in [1.165, 1.54) is 0 Å². The van der Waals surface area contributed by atoms with Crippen molar-refractivity contribution in [3.63, 3.8) is 0 Å². The van der Waals surface area contributed by atoms with Gasteiger partial charge in [0.25, 0.3) is 0 Å². The quantitative estimate of drug-likeness (QED) is 0.145. The zero-order valence-electron chi connectivity index (χ0n) is 41.3. The third kappa shape index (κ3) is 7.49. The fourth-order valence-electron chi connectivity index (χ4n) is 11.5. The molecule has 4 nitrogen and oxygen atoms in total. The molecule has 14 rings (SSSR count). The van der Waals surface area contributed by atoms with Crippen LogP contribution in [-0.2, 0) is 0 Å². The van der Waals surface area contributed by atoms with Crippen molar-refractivity contribution in [3.8, 4) is 95.6 Å². The number of nitrogens with zero attached hydrogens (tertiary/aromatic N) is 4. The molecule has 0 bridgehead atoms. The maximum absolute atomic E-state index is 12.2. The third-order valence-corrected chi connectivity index (χ3v) is 15.0. The number of fused-ring (bicyclic) bond motifs is 6. The average Bonchev–Trinajstić information content (AvgIpc) is 4.14. The van der Waals surface area contributed by atoms with Crippen LogP contribution in [0, 0.1) is 11.3 Å². The molecule has 0 aliphatic carbocycles. The van der Waals surface area contributed by atoms with E-state index in [1.54, 1.807) is 0 Å². The van der Waals surface area contributed by atoms with Gasteiger partial charge in [0.15, 0.2) is 0 Å². The number of nitriles is 1. The summed E-state index contributed by atoms with van der Waals surface area (Å²) in [6.45, 7) is 0. The Morgan fingerprint density at radius 2 is 0.658 bits per heavy atom. The molecule has 0 atom stereocenters. The van der Waals surface area contributed by atoms with Crippen LogP contribution in [0.3, 0.4) is 0 Å². The second-order valence-electron chi connectivity index (χ2n) is 19.3. The highest BCUT2D eigenvalue weighted by molar-refractivity contribution is 6.13. The van der Waals surface area contributed by atoms with Crippen molar-refractivity contribution in [1.82, 2.24) is 14.1 Å². The van der Waals surface area contributed by atoms with Gasteiger partial charge in [0.2, 0.25) is 0 Å². The molecule has 0 amide bonds. The fraction of sp³-hybridized carbons (Fsp3) is 0. The van der Waals surface area contributed by atoms with Gasteiger partial charge in [-0.2, -0.15) is 5.26 Å². The highest BCUT2D eigenvalue weighted by Gasteiger charge is 2.26. The minimum atomic E-state index is 0.548. The summed E-state index contributed by atoms with van der Waals surface area (Å²) in [5.74, 6) is 0. The number of rotatable bonds is 9. The van der Waals surface area contributed by atoms with Crippen LogP contribution in [0.4, 0.5) is 0 Å². The minimum absolute atomic E-state index is 0.548. The van der Waals surface area contributed by atoms with Gasteiger partial charge in [-0.3, -0.25) is 0 Å². The Morgan fingerprint density at radius 3 is 1.13 bits per heavy atom. The predicted octanol–water partition coefficient (Wildman–Crippen LogP) is 18.8. The Bertz CT molecular complexity index is 4510. The first-order valence-electron chi connectivity index (χ1n) is 25.8. The molecule has 76 heavy (non-hydrogen) atoms. The van der Waals surface area contributed by atoms with Gasteiger partial charge in [-0.05, 0) is 92.5 Å². The summed E-state index contributed by atoms with van der Waals surface area (Å²) < 4.78 is 4.68. The molecular formula is C72H46N4. The van der Waals surface area contributed by atoms with Crippen LogP contribution in [-0.4, -0.2) is 14.1 Å². The van der Waals surface area contributed by atoms with Crippen molar-refractivity contribution >= 4 is 43.6 Å². The largest absolute Gasteiger partial charge is 0.308 e. The van der Waals surface area contributed by atoms with Crippen LogP contribution in [0.2, 0.25) is 0 Å². The first-order valence-corrected chi connectivity index (χ1v) is 25.8.